The molecule has 1 aliphatic rings. The average Bonchev–Trinajstić information content (AvgIpc) is 2.34. The number of nitrogen functional groups attached to an aromatic ring is 1. The molecule has 5 nitrogen and oxygen atoms in total. The Bertz CT molecular complexity index is 595. The molecule has 1 aliphatic heterocycles. The third-order valence-electron chi connectivity index (χ3n) is 3.63. The molecule has 1 saturated heterocycles. The molecule has 1 atom stereocenters. The Labute approximate surface area is 119 Å². The number of rotatable bonds is 2. The number of nitrogens with zero attached hydrogens (tertiary/aromatic N) is 2. The molecule has 0 bridgehead atoms. The lowest BCUT2D eigenvalue weighted by Gasteiger charge is -2.37. The minimum Gasteiger partial charge on any atom is -0.396 e. The molecule has 1 aromatic rings. The first-order valence-corrected chi connectivity index (χ1v) is 7.93. The number of piperazine rings is 1. The summed E-state index contributed by atoms with van der Waals surface area (Å²) in [7, 11) is -1.68. The maximum absolute atomic E-state index is 13.5. The molecule has 7 heteroatoms. The van der Waals surface area contributed by atoms with Crippen molar-refractivity contribution in [1.29, 1.82) is 0 Å². The first-order chi connectivity index (χ1) is 9.23. The van der Waals surface area contributed by atoms with Gasteiger partial charge in [0.15, 0.2) is 0 Å². The van der Waals surface area contributed by atoms with Crippen LogP contribution in [0, 0.1) is 12.7 Å². The second-order valence-electron chi connectivity index (χ2n) is 5.37. The van der Waals surface area contributed by atoms with Gasteiger partial charge in [-0.05, 0) is 38.6 Å². The smallest absolute Gasteiger partial charge is 0.243 e. The van der Waals surface area contributed by atoms with Crippen molar-refractivity contribution < 1.29 is 12.8 Å². The first kappa shape index (κ1) is 15.2. The zero-order valence-electron chi connectivity index (χ0n) is 11.9. The van der Waals surface area contributed by atoms with Crippen LogP contribution < -0.4 is 5.73 Å². The number of hydrogen-bond donors (Lipinski definition) is 1. The molecule has 0 saturated carbocycles. The van der Waals surface area contributed by atoms with Gasteiger partial charge in [-0.1, -0.05) is 0 Å². The number of benzene rings is 1. The van der Waals surface area contributed by atoms with E-state index in [0.717, 1.165) is 0 Å². The van der Waals surface area contributed by atoms with Crippen molar-refractivity contribution in [3.05, 3.63) is 23.5 Å². The molecule has 20 heavy (non-hydrogen) atoms. The monoisotopic (exact) mass is 301 g/mol. The molecule has 0 aliphatic carbocycles. The fourth-order valence-corrected chi connectivity index (χ4v) is 4.26. The van der Waals surface area contributed by atoms with Gasteiger partial charge in [-0.15, -0.1) is 0 Å². The Hall–Kier alpha value is -1.18. The minimum absolute atomic E-state index is 0.0605. The average molecular weight is 301 g/mol. The summed E-state index contributed by atoms with van der Waals surface area (Å²) in [5.41, 5.74) is 5.65. The van der Waals surface area contributed by atoms with E-state index in [4.69, 9.17) is 5.73 Å². The fourth-order valence-electron chi connectivity index (χ4n) is 2.53. The molecule has 112 valence electrons. The Morgan fingerprint density at radius 3 is 2.55 bits per heavy atom. The van der Waals surface area contributed by atoms with E-state index < -0.39 is 15.8 Å². The number of sulfonamides is 1. The topological polar surface area (TPSA) is 66.6 Å². The molecule has 2 N–H and O–H groups in total. The molecule has 1 heterocycles. The number of nitrogens with two attached hydrogens (primary N) is 1. The van der Waals surface area contributed by atoms with Crippen LogP contribution in [0.25, 0.3) is 0 Å². The molecule has 0 radical (unpaired) electrons. The maximum atomic E-state index is 13.5. The van der Waals surface area contributed by atoms with Crippen LogP contribution in [0.4, 0.5) is 10.1 Å². The van der Waals surface area contributed by atoms with Crippen molar-refractivity contribution in [3.8, 4) is 0 Å². The summed E-state index contributed by atoms with van der Waals surface area (Å²) in [4.78, 5) is 2.14. The van der Waals surface area contributed by atoms with E-state index in [1.165, 1.54) is 23.4 Å². The lowest BCUT2D eigenvalue weighted by atomic mass is 10.2. The Morgan fingerprint density at radius 1 is 1.35 bits per heavy atom. The lowest BCUT2D eigenvalue weighted by molar-refractivity contribution is 0.170. The minimum atomic E-state index is -3.64. The summed E-state index contributed by atoms with van der Waals surface area (Å²) in [6.07, 6.45) is 0. The predicted molar refractivity (Wildman–Crippen MR) is 76.4 cm³/mol. The Kier molecular flexibility index (Phi) is 4.04. The van der Waals surface area contributed by atoms with Crippen molar-refractivity contribution in [2.75, 3.05) is 32.4 Å². The van der Waals surface area contributed by atoms with Gasteiger partial charge in [0.05, 0.1) is 10.6 Å². The molecular weight excluding hydrogens is 281 g/mol. The van der Waals surface area contributed by atoms with Crippen molar-refractivity contribution in [2.24, 2.45) is 0 Å². The molecule has 0 spiro atoms. The highest BCUT2D eigenvalue weighted by Gasteiger charge is 2.33. The van der Waals surface area contributed by atoms with Gasteiger partial charge in [-0.3, -0.25) is 0 Å². The number of likely N-dealkylation sites (N-methyl/N-ethyl adjacent to an activating group) is 1. The summed E-state index contributed by atoms with van der Waals surface area (Å²) in [6.45, 7) is 5.16. The highest BCUT2D eigenvalue weighted by Crippen LogP contribution is 2.25. The maximum Gasteiger partial charge on any atom is 0.243 e. The fraction of sp³-hybridized carbons (Fsp3) is 0.538. The van der Waals surface area contributed by atoms with Crippen LogP contribution in [-0.2, 0) is 10.0 Å². The van der Waals surface area contributed by atoms with E-state index in [1.807, 2.05) is 14.0 Å². The van der Waals surface area contributed by atoms with E-state index in [-0.39, 0.29) is 22.2 Å². The van der Waals surface area contributed by atoms with E-state index in [1.54, 1.807) is 0 Å². The molecular formula is C13H20FN3O2S. The molecule has 2 rings (SSSR count). The van der Waals surface area contributed by atoms with Crippen molar-refractivity contribution >= 4 is 15.7 Å². The molecule has 1 unspecified atom stereocenters. The third-order valence-corrected chi connectivity index (χ3v) is 5.62. The van der Waals surface area contributed by atoms with Gasteiger partial charge < -0.3 is 10.6 Å². The van der Waals surface area contributed by atoms with Crippen LogP contribution in [0.5, 0.6) is 0 Å². The van der Waals surface area contributed by atoms with E-state index >= 15 is 0 Å². The third kappa shape index (κ3) is 2.65. The summed E-state index contributed by atoms with van der Waals surface area (Å²) in [5, 5.41) is 0. The van der Waals surface area contributed by atoms with E-state index in [0.29, 0.717) is 19.6 Å². The lowest BCUT2D eigenvalue weighted by Crippen LogP contribution is -2.52. The molecule has 0 aromatic heterocycles. The van der Waals surface area contributed by atoms with E-state index in [2.05, 4.69) is 4.90 Å². The quantitative estimate of drug-likeness (QED) is 0.829. The highest BCUT2D eigenvalue weighted by atomic mass is 32.2. The number of aryl methyl sites for hydroxylation is 1. The van der Waals surface area contributed by atoms with Gasteiger partial charge in [0.25, 0.3) is 0 Å². The summed E-state index contributed by atoms with van der Waals surface area (Å²) in [6, 6.07) is 2.42. The summed E-state index contributed by atoms with van der Waals surface area (Å²) < 4.78 is 40.3. The molecule has 0 amide bonds. The SMILES string of the molecule is Cc1cc(S(=O)(=O)N2CCN(C)CC2C)cc(N)c1F. The summed E-state index contributed by atoms with van der Waals surface area (Å²) >= 11 is 0. The second-order valence-corrected chi connectivity index (χ2v) is 7.26. The van der Waals surface area contributed by atoms with Gasteiger partial charge in [-0.25, -0.2) is 12.8 Å². The number of anilines is 1. The zero-order chi connectivity index (χ0) is 15.1. The van der Waals surface area contributed by atoms with Gasteiger partial charge in [-0.2, -0.15) is 4.31 Å². The second kappa shape index (κ2) is 5.31. The van der Waals surface area contributed by atoms with Crippen LogP contribution in [-0.4, -0.2) is 50.3 Å². The summed E-state index contributed by atoms with van der Waals surface area (Å²) in [5.74, 6) is -0.560. The van der Waals surface area contributed by atoms with Crippen LogP contribution >= 0.6 is 0 Å². The van der Waals surface area contributed by atoms with Gasteiger partial charge in [0.1, 0.15) is 5.82 Å². The zero-order valence-corrected chi connectivity index (χ0v) is 12.7. The van der Waals surface area contributed by atoms with Crippen molar-refractivity contribution in [1.82, 2.24) is 9.21 Å². The van der Waals surface area contributed by atoms with Crippen LogP contribution in [0.2, 0.25) is 0 Å². The van der Waals surface area contributed by atoms with Crippen LogP contribution in [0.15, 0.2) is 17.0 Å². The molecule has 1 aromatic carbocycles. The first-order valence-electron chi connectivity index (χ1n) is 6.49. The number of halogens is 1. The van der Waals surface area contributed by atoms with E-state index in [9.17, 15) is 12.8 Å². The normalized spacial score (nSPS) is 22.1. The predicted octanol–water partition coefficient (Wildman–Crippen LogP) is 1.04. The van der Waals surface area contributed by atoms with Gasteiger partial charge in [0.2, 0.25) is 10.0 Å². The van der Waals surface area contributed by atoms with Crippen LogP contribution in [0.1, 0.15) is 12.5 Å². The highest BCUT2D eigenvalue weighted by molar-refractivity contribution is 7.89. The Balaban J connectivity index is 2.40. The van der Waals surface area contributed by atoms with Crippen molar-refractivity contribution in [2.45, 2.75) is 24.8 Å². The van der Waals surface area contributed by atoms with Gasteiger partial charge >= 0.3 is 0 Å². The standard InChI is InChI=1S/C13H20FN3O2S/c1-9-6-11(7-12(15)13(9)14)20(18,19)17-5-4-16(3)8-10(17)2/h6-7,10H,4-5,8,15H2,1-3H3. The van der Waals surface area contributed by atoms with Crippen LogP contribution in [0.3, 0.4) is 0 Å². The van der Waals surface area contributed by atoms with Gasteiger partial charge in [0, 0.05) is 25.7 Å². The number of hydrogen-bond acceptors (Lipinski definition) is 4. The Morgan fingerprint density at radius 2 is 2.00 bits per heavy atom. The van der Waals surface area contributed by atoms with Crippen molar-refractivity contribution in [3.63, 3.8) is 0 Å². The molecule has 1 fully saturated rings. The largest absolute Gasteiger partial charge is 0.396 e.